The third-order valence-corrected chi connectivity index (χ3v) is 9.30. The lowest BCUT2D eigenvalue weighted by molar-refractivity contribution is -0.140. The largest absolute Gasteiger partial charge is 0.497 e. The van der Waals surface area contributed by atoms with E-state index < -0.39 is 34.3 Å². The van der Waals surface area contributed by atoms with E-state index in [-0.39, 0.29) is 35.5 Å². The van der Waals surface area contributed by atoms with Crippen LogP contribution in [0.2, 0.25) is 0 Å². The van der Waals surface area contributed by atoms with Gasteiger partial charge in [-0.05, 0) is 73.0 Å². The molecule has 0 aliphatic rings. The number of nitrogens with one attached hydrogen (secondary N) is 1. The first-order valence-electron chi connectivity index (χ1n) is 14.7. The van der Waals surface area contributed by atoms with Crippen molar-refractivity contribution >= 4 is 27.5 Å². The van der Waals surface area contributed by atoms with Crippen LogP contribution < -0.4 is 14.4 Å². The zero-order valence-electron chi connectivity index (χ0n) is 25.6. The topological polar surface area (TPSA) is 96.0 Å². The van der Waals surface area contributed by atoms with Crippen LogP contribution in [0.4, 0.5) is 10.1 Å². The SMILES string of the molecule is CC[C@@H](C)NC(=O)[C@H](Cc1ccccc1)N(Cc1ccccc1)C(=O)CN(c1ccc(F)cc1)S(=O)(=O)c1ccc(OC)cc1. The Morgan fingerprint density at radius 3 is 1.98 bits per heavy atom. The maximum Gasteiger partial charge on any atom is 0.264 e. The Kier molecular flexibility index (Phi) is 11.3. The molecule has 1 N–H and O–H groups in total. The van der Waals surface area contributed by atoms with E-state index in [2.05, 4.69) is 5.32 Å². The van der Waals surface area contributed by atoms with Gasteiger partial charge in [-0.3, -0.25) is 13.9 Å². The van der Waals surface area contributed by atoms with E-state index in [1.54, 1.807) is 0 Å². The molecule has 0 spiro atoms. The molecule has 0 heterocycles. The summed E-state index contributed by atoms with van der Waals surface area (Å²) in [5.41, 5.74) is 1.71. The number of hydrogen-bond acceptors (Lipinski definition) is 5. The number of sulfonamides is 1. The highest BCUT2D eigenvalue weighted by atomic mass is 32.2. The molecule has 0 saturated heterocycles. The first-order chi connectivity index (χ1) is 21.6. The molecule has 0 fully saturated rings. The minimum absolute atomic E-state index is 0.0605. The van der Waals surface area contributed by atoms with Crippen LogP contribution in [0.3, 0.4) is 0 Å². The fraction of sp³-hybridized carbons (Fsp3) is 0.257. The molecule has 2 amide bonds. The summed E-state index contributed by atoms with van der Waals surface area (Å²) in [5, 5.41) is 3.01. The van der Waals surface area contributed by atoms with Crippen LogP contribution in [-0.2, 0) is 32.6 Å². The molecule has 8 nitrogen and oxygen atoms in total. The number of halogens is 1. The van der Waals surface area contributed by atoms with E-state index in [4.69, 9.17) is 4.74 Å². The second kappa shape index (κ2) is 15.3. The minimum atomic E-state index is -4.31. The van der Waals surface area contributed by atoms with Crippen molar-refractivity contribution in [3.63, 3.8) is 0 Å². The highest BCUT2D eigenvalue weighted by Crippen LogP contribution is 2.26. The zero-order chi connectivity index (χ0) is 32.4. The van der Waals surface area contributed by atoms with E-state index >= 15 is 0 Å². The third kappa shape index (κ3) is 8.69. The molecule has 45 heavy (non-hydrogen) atoms. The van der Waals surface area contributed by atoms with Gasteiger partial charge in [0, 0.05) is 19.0 Å². The highest BCUT2D eigenvalue weighted by molar-refractivity contribution is 7.92. The highest BCUT2D eigenvalue weighted by Gasteiger charge is 2.35. The smallest absolute Gasteiger partial charge is 0.264 e. The number of benzene rings is 4. The Bertz CT molecular complexity index is 1650. The molecule has 4 rings (SSSR count). The second-order valence-corrected chi connectivity index (χ2v) is 12.6. The molecule has 0 aromatic heterocycles. The summed E-state index contributed by atoms with van der Waals surface area (Å²) in [7, 11) is -2.84. The van der Waals surface area contributed by atoms with Gasteiger partial charge < -0.3 is 15.0 Å². The maximum absolute atomic E-state index is 14.4. The van der Waals surface area contributed by atoms with E-state index in [1.165, 1.54) is 48.4 Å². The van der Waals surface area contributed by atoms with Gasteiger partial charge in [0.1, 0.15) is 24.2 Å². The van der Waals surface area contributed by atoms with Gasteiger partial charge in [0.15, 0.2) is 0 Å². The minimum Gasteiger partial charge on any atom is -0.497 e. The Morgan fingerprint density at radius 1 is 0.844 bits per heavy atom. The number of hydrogen-bond donors (Lipinski definition) is 1. The van der Waals surface area contributed by atoms with Crippen molar-refractivity contribution in [2.24, 2.45) is 0 Å². The van der Waals surface area contributed by atoms with Gasteiger partial charge in [-0.1, -0.05) is 67.6 Å². The average Bonchev–Trinajstić information content (AvgIpc) is 3.06. The summed E-state index contributed by atoms with van der Waals surface area (Å²) in [4.78, 5) is 29.6. The summed E-state index contributed by atoms with van der Waals surface area (Å²) in [6, 6.07) is 28.1. The number of methoxy groups -OCH3 is 1. The Morgan fingerprint density at radius 2 is 1.42 bits per heavy atom. The number of rotatable bonds is 14. The van der Waals surface area contributed by atoms with Crippen molar-refractivity contribution in [2.45, 2.75) is 50.2 Å². The molecule has 4 aromatic rings. The molecule has 0 bridgehead atoms. The lowest BCUT2D eigenvalue weighted by Gasteiger charge is -2.34. The van der Waals surface area contributed by atoms with Gasteiger partial charge in [-0.2, -0.15) is 0 Å². The molecule has 0 unspecified atom stereocenters. The second-order valence-electron chi connectivity index (χ2n) is 10.7. The summed E-state index contributed by atoms with van der Waals surface area (Å²) in [6.07, 6.45) is 0.901. The van der Waals surface area contributed by atoms with Crippen molar-refractivity contribution in [3.8, 4) is 5.75 Å². The lowest BCUT2D eigenvalue weighted by atomic mass is 10.0. The fourth-order valence-corrected chi connectivity index (χ4v) is 6.20. The molecule has 4 aromatic carbocycles. The molecular formula is C35H38FN3O5S. The predicted octanol–water partition coefficient (Wildman–Crippen LogP) is 5.58. The molecule has 10 heteroatoms. The van der Waals surface area contributed by atoms with Crippen molar-refractivity contribution in [1.29, 1.82) is 0 Å². The van der Waals surface area contributed by atoms with Crippen LogP contribution in [0.25, 0.3) is 0 Å². The van der Waals surface area contributed by atoms with Gasteiger partial charge in [-0.25, -0.2) is 12.8 Å². The van der Waals surface area contributed by atoms with Crippen molar-refractivity contribution in [2.75, 3.05) is 18.0 Å². The summed E-state index contributed by atoms with van der Waals surface area (Å²) >= 11 is 0. The molecule has 0 aliphatic carbocycles. The predicted molar refractivity (Wildman–Crippen MR) is 173 cm³/mol. The van der Waals surface area contributed by atoms with Crippen LogP contribution >= 0.6 is 0 Å². The van der Waals surface area contributed by atoms with Gasteiger partial charge in [-0.15, -0.1) is 0 Å². The first kappa shape index (κ1) is 33.2. The summed E-state index contributed by atoms with van der Waals surface area (Å²) < 4.78 is 48.2. The Hall–Kier alpha value is -4.70. The van der Waals surface area contributed by atoms with E-state index in [1.807, 2.05) is 74.5 Å². The third-order valence-electron chi connectivity index (χ3n) is 7.51. The van der Waals surface area contributed by atoms with Crippen LogP contribution in [0.1, 0.15) is 31.4 Å². The van der Waals surface area contributed by atoms with Crippen LogP contribution in [0.5, 0.6) is 5.75 Å². The van der Waals surface area contributed by atoms with Crippen LogP contribution in [0.15, 0.2) is 114 Å². The number of carbonyl (C=O) groups is 2. The molecular weight excluding hydrogens is 593 g/mol. The number of nitrogens with zero attached hydrogens (tertiary/aromatic N) is 2. The van der Waals surface area contributed by atoms with E-state index in [0.29, 0.717) is 12.2 Å². The number of amides is 2. The molecule has 236 valence electrons. The number of ether oxygens (including phenoxy) is 1. The number of carbonyl (C=O) groups excluding carboxylic acids is 2. The fourth-order valence-electron chi connectivity index (χ4n) is 4.79. The standard InChI is InChI=1S/C35H38FN3O5S/c1-4-26(2)37-35(41)33(23-27-11-7-5-8-12-27)38(24-28-13-9-6-10-14-28)34(40)25-39(30-17-15-29(36)16-18-30)45(42,43)32-21-19-31(44-3)20-22-32/h5-22,26,33H,4,23-25H2,1-3H3,(H,37,41)/t26-,33+/m1/s1. The lowest BCUT2D eigenvalue weighted by Crippen LogP contribution is -2.54. The molecule has 0 radical (unpaired) electrons. The molecule has 0 saturated carbocycles. The molecule has 0 aliphatic heterocycles. The van der Waals surface area contributed by atoms with Crippen LogP contribution in [0, 0.1) is 5.82 Å². The monoisotopic (exact) mass is 631 g/mol. The number of anilines is 1. The average molecular weight is 632 g/mol. The summed E-state index contributed by atoms with van der Waals surface area (Å²) in [5.74, 6) is -1.03. The van der Waals surface area contributed by atoms with E-state index in [0.717, 1.165) is 27.6 Å². The van der Waals surface area contributed by atoms with Crippen molar-refractivity contribution < 1.29 is 27.1 Å². The van der Waals surface area contributed by atoms with E-state index in [9.17, 15) is 22.4 Å². The quantitative estimate of drug-likeness (QED) is 0.196. The maximum atomic E-state index is 14.4. The van der Waals surface area contributed by atoms with Crippen molar-refractivity contribution in [1.82, 2.24) is 10.2 Å². The Labute approximate surface area is 264 Å². The van der Waals surface area contributed by atoms with Crippen LogP contribution in [-0.4, -0.2) is 50.9 Å². The van der Waals surface area contributed by atoms with Gasteiger partial charge in [0.2, 0.25) is 11.8 Å². The van der Waals surface area contributed by atoms with Gasteiger partial charge >= 0.3 is 0 Å². The zero-order valence-corrected chi connectivity index (χ0v) is 26.4. The first-order valence-corrected chi connectivity index (χ1v) is 16.2. The van der Waals surface area contributed by atoms with Crippen molar-refractivity contribution in [3.05, 3.63) is 126 Å². The summed E-state index contributed by atoms with van der Waals surface area (Å²) in [6.45, 7) is 3.27. The normalized spacial score (nSPS) is 12.5. The molecule has 2 atom stereocenters. The Balaban J connectivity index is 1.79. The van der Waals surface area contributed by atoms with Gasteiger partial charge in [0.25, 0.3) is 10.0 Å². The van der Waals surface area contributed by atoms with Gasteiger partial charge in [0.05, 0.1) is 17.7 Å².